The lowest BCUT2D eigenvalue weighted by Crippen LogP contribution is -2.16. The van der Waals surface area contributed by atoms with Crippen molar-refractivity contribution in [1.29, 1.82) is 0 Å². The van der Waals surface area contributed by atoms with Gasteiger partial charge in [-0.15, -0.1) is 11.8 Å². The number of thioether (sulfide) groups is 1. The monoisotopic (exact) mass is 728 g/mol. The molecule has 266 valence electrons. The number of carboxylic acids is 1. The minimum atomic E-state index is -0.979. The van der Waals surface area contributed by atoms with Crippen LogP contribution in [0.15, 0.2) is 48.5 Å². The lowest BCUT2D eigenvalue weighted by molar-refractivity contribution is 0.0684. The SMILES string of the molecule is CCc1c(C(=O)O)n2c3ccc(Cl)c(c13)-c1c(nn(CCNC)c1C)CSCc1cc(n(C)n1)CCc1cc(c3ccc(F)cc3c1)OCCC2. The first-order valence-electron chi connectivity index (χ1n) is 17.4. The fourth-order valence-corrected chi connectivity index (χ4v) is 8.57. The largest absolute Gasteiger partial charge is 0.493 e. The van der Waals surface area contributed by atoms with E-state index in [9.17, 15) is 14.3 Å². The van der Waals surface area contributed by atoms with Crippen LogP contribution >= 0.6 is 23.4 Å². The Kier molecular flexibility index (Phi) is 10.1. The van der Waals surface area contributed by atoms with Crippen molar-refractivity contribution in [3.8, 4) is 16.9 Å². The fourth-order valence-electron chi connectivity index (χ4n) is 7.47. The molecule has 0 amide bonds. The van der Waals surface area contributed by atoms with Crippen LogP contribution < -0.4 is 10.1 Å². The van der Waals surface area contributed by atoms with Crippen molar-refractivity contribution in [2.24, 2.45) is 7.05 Å². The number of aryl methyl sites for hydroxylation is 5. The Hall–Kier alpha value is -4.32. The third kappa shape index (κ3) is 6.74. The number of nitrogens with one attached hydrogen (secondary N) is 1. The molecule has 2 N–H and O–H groups in total. The van der Waals surface area contributed by atoms with E-state index < -0.39 is 5.97 Å². The molecule has 4 heterocycles. The summed E-state index contributed by atoms with van der Waals surface area (Å²) in [6, 6.07) is 14.8. The molecule has 12 heteroatoms. The maximum absolute atomic E-state index is 14.4. The molecule has 9 nitrogen and oxygen atoms in total. The molecule has 0 atom stereocenters. The zero-order chi connectivity index (χ0) is 35.8. The molecule has 6 aromatic rings. The summed E-state index contributed by atoms with van der Waals surface area (Å²) >= 11 is 8.86. The number of fused-ring (bicyclic) bond motifs is 8. The molecule has 1 aliphatic heterocycles. The summed E-state index contributed by atoms with van der Waals surface area (Å²) in [4.78, 5) is 13.0. The number of aromatic nitrogens is 5. The summed E-state index contributed by atoms with van der Waals surface area (Å²) in [6.07, 6.45) is 2.58. The molecule has 8 bridgehead atoms. The van der Waals surface area contributed by atoms with E-state index in [0.29, 0.717) is 54.8 Å². The Labute approximate surface area is 305 Å². The Balaban J connectivity index is 1.38. The van der Waals surface area contributed by atoms with E-state index >= 15 is 0 Å². The highest BCUT2D eigenvalue weighted by Crippen LogP contribution is 2.44. The Morgan fingerprint density at radius 2 is 1.94 bits per heavy atom. The molecule has 3 aromatic heterocycles. The first kappa shape index (κ1) is 35.1. The van der Waals surface area contributed by atoms with Crippen molar-refractivity contribution in [3.05, 3.63) is 99.0 Å². The number of nitrogens with zero attached hydrogens (tertiary/aromatic N) is 5. The maximum Gasteiger partial charge on any atom is 0.352 e. The van der Waals surface area contributed by atoms with E-state index in [2.05, 4.69) is 18.3 Å². The summed E-state index contributed by atoms with van der Waals surface area (Å²) < 4.78 is 26.6. The van der Waals surface area contributed by atoms with Gasteiger partial charge in [0, 0.05) is 75.5 Å². The predicted octanol–water partition coefficient (Wildman–Crippen LogP) is 7.97. The average molecular weight is 729 g/mol. The minimum absolute atomic E-state index is 0.267. The minimum Gasteiger partial charge on any atom is -0.493 e. The van der Waals surface area contributed by atoms with Gasteiger partial charge >= 0.3 is 5.97 Å². The number of aromatic carboxylic acids is 1. The number of hydrogen-bond acceptors (Lipinski definition) is 6. The molecule has 0 spiro atoms. The van der Waals surface area contributed by atoms with Crippen LogP contribution in [-0.4, -0.2) is 55.4 Å². The van der Waals surface area contributed by atoms with E-state index in [1.165, 1.54) is 6.07 Å². The number of likely N-dealkylation sites (N-methyl/N-ethyl adjacent to an activating group) is 1. The van der Waals surface area contributed by atoms with Crippen LogP contribution in [0.2, 0.25) is 5.02 Å². The molecular formula is C39H42ClFN6O3S. The normalized spacial score (nSPS) is 14.1. The summed E-state index contributed by atoms with van der Waals surface area (Å²) in [5, 5.41) is 26.8. The van der Waals surface area contributed by atoms with Gasteiger partial charge in [-0.2, -0.15) is 10.2 Å². The number of carboxylic acid groups (broad SMARTS) is 1. The smallest absolute Gasteiger partial charge is 0.352 e. The van der Waals surface area contributed by atoms with Crippen molar-refractivity contribution in [3.63, 3.8) is 0 Å². The highest BCUT2D eigenvalue weighted by atomic mass is 35.5. The van der Waals surface area contributed by atoms with Crippen molar-refractivity contribution in [2.75, 3.05) is 20.2 Å². The molecule has 3 aromatic carbocycles. The summed E-state index contributed by atoms with van der Waals surface area (Å²) in [6.45, 7) is 6.27. The summed E-state index contributed by atoms with van der Waals surface area (Å²) in [5.41, 5.74) is 8.67. The number of rotatable bonds is 5. The Bertz CT molecular complexity index is 2270. The number of ether oxygens (including phenoxy) is 1. The lowest BCUT2D eigenvalue weighted by atomic mass is 9.95. The van der Waals surface area contributed by atoms with Crippen molar-refractivity contribution >= 4 is 51.0 Å². The molecular weight excluding hydrogens is 687 g/mol. The second-order valence-electron chi connectivity index (χ2n) is 13.1. The van der Waals surface area contributed by atoms with Crippen LogP contribution in [0.3, 0.4) is 0 Å². The van der Waals surface area contributed by atoms with Gasteiger partial charge in [0.05, 0.1) is 24.5 Å². The van der Waals surface area contributed by atoms with Gasteiger partial charge in [0.15, 0.2) is 0 Å². The fraction of sp³-hybridized carbons (Fsp3) is 0.359. The second-order valence-corrected chi connectivity index (χ2v) is 14.5. The molecule has 51 heavy (non-hydrogen) atoms. The molecule has 0 saturated carbocycles. The van der Waals surface area contributed by atoms with Gasteiger partial charge in [0.1, 0.15) is 17.3 Å². The zero-order valence-electron chi connectivity index (χ0n) is 29.4. The van der Waals surface area contributed by atoms with Crippen LogP contribution in [0.4, 0.5) is 4.39 Å². The summed E-state index contributed by atoms with van der Waals surface area (Å²) in [7, 11) is 3.90. The molecule has 7 rings (SSSR count). The summed E-state index contributed by atoms with van der Waals surface area (Å²) in [5.74, 6) is 0.736. The topological polar surface area (TPSA) is 99.1 Å². The van der Waals surface area contributed by atoms with Crippen LogP contribution in [0.5, 0.6) is 5.75 Å². The van der Waals surface area contributed by atoms with E-state index in [-0.39, 0.29) is 11.5 Å². The van der Waals surface area contributed by atoms with Crippen LogP contribution in [0.25, 0.3) is 32.8 Å². The maximum atomic E-state index is 14.4. The van der Waals surface area contributed by atoms with Gasteiger partial charge in [-0.05, 0) is 98.6 Å². The third-order valence-electron chi connectivity index (χ3n) is 9.85. The van der Waals surface area contributed by atoms with Crippen molar-refractivity contribution < 1.29 is 19.0 Å². The van der Waals surface area contributed by atoms with Crippen LogP contribution in [0.1, 0.15) is 57.7 Å². The van der Waals surface area contributed by atoms with Crippen molar-refractivity contribution in [2.45, 2.75) is 64.1 Å². The zero-order valence-corrected chi connectivity index (χ0v) is 30.9. The Morgan fingerprint density at radius 3 is 2.73 bits per heavy atom. The average Bonchev–Trinajstić information content (AvgIpc) is 3.73. The Morgan fingerprint density at radius 1 is 1.10 bits per heavy atom. The van der Waals surface area contributed by atoms with Gasteiger partial charge in [0.25, 0.3) is 0 Å². The lowest BCUT2D eigenvalue weighted by Gasteiger charge is -2.14. The molecule has 0 fully saturated rings. The third-order valence-corrected chi connectivity index (χ3v) is 11.1. The van der Waals surface area contributed by atoms with Gasteiger partial charge in [-0.1, -0.05) is 24.6 Å². The standard InChI is InChI=1S/C39H42ClFN6O3S/c1-5-29-36-33-12-11-31(40)37(36)35-23(2)47(15-13-42-3)44-32(35)22-51-21-27-20-28(45(4)43-27)9-7-24-17-25-19-26(41)8-10-30(25)34(18-24)50-16-6-14-46(33)38(29)39(48)49/h8,10-12,17-20,42H,5-7,9,13-16,21-22H2,1-4H3,(H,48,49). The van der Waals surface area contributed by atoms with E-state index in [4.69, 9.17) is 26.5 Å². The second kappa shape index (κ2) is 14.7. The first-order chi connectivity index (χ1) is 24.7. The molecule has 0 saturated heterocycles. The van der Waals surface area contributed by atoms with Gasteiger partial charge in [0.2, 0.25) is 0 Å². The van der Waals surface area contributed by atoms with Gasteiger partial charge < -0.3 is 19.7 Å². The number of hydrogen-bond donors (Lipinski definition) is 2. The van der Waals surface area contributed by atoms with Gasteiger partial charge in [-0.25, -0.2) is 9.18 Å². The molecule has 0 radical (unpaired) electrons. The first-order valence-corrected chi connectivity index (χ1v) is 18.9. The molecule has 0 unspecified atom stereocenters. The van der Waals surface area contributed by atoms with E-state index in [1.807, 2.05) is 59.2 Å². The number of benzene rings is 3. The van der Waals surface area contributed by atoms with Crippen LogP contribution in [0, 0.1) is 12.7 Å². The van der Waals surface area contributed by atoms with Gasteiger partial charge in [-0.3, -0.25) is 9.36 Å². The highest BCUT2D eigenvalue weighted by molar-refractivity contribution is 7.97. The predicted molar refractivity (Wildman–Crippen MR) is 203 cm³/mol. The molecule has 1 aliphatic rings. The number of halogens is 2. The van der Waals surface area contributed by atoms with Crippen molar-refractivity contribution in [1.82, 2.24) is 29.4 Å². The van der Waals surface area contributed by atoms with Crippen LogP contribution in [-0.2, 0) is 50.9 Å². The number of carbonyl (C=O) groups is 1. The van der Waals surface area contributed by atoms with E-state index in [1.54, 1.807) is 23.9 Å². The van der Waals surface area contributed by atoms with E-state index in [0.717, 1.165) is 86.1 Å². The molecule has 0 aliphatic carbocycles. The highest BCUT2D eigenvalue weighted by Gasteiger charge is 2.28. The quantitative estimate of drug-likeness (QED) is 0.186.